The average molecular weight is 320 g/mol. The predicted octanol–water partition coefficient (Wildman–Crippen LogP) is 2.95. The van der Waals surface area contributed by atoms with Crippen molar-refractivity contribution in [3.05, 3.63) is 60.3 Å². The quantitative estimate of drug-likeness (QED) is 0.306. The van der Waals surface area contributed by atoms with Gasteiger partial charge in [-0.1, -0.05) is 18.2 Å². The van der Waals surface area contributed by atoms with Gasteiger partial charge in [0.1, 0.15) is 0 Å². The lowest BCUT2D eigenvalue weighted by molar-refractivity contribution is -0.134. The molecule has 0 heterocycles. The van der Waals surface area contributed by atoms with Crippen LogP contribution in [0.4, 0.5) is 0 Å². The molecule has 0 radical (unpaired) electrons. The van der Waals surface area contributed by atoms with Crippen LogP contribution in [-0.4, -0.2) is 33.2 Å². The van der Waals surface area contributed by atoms with Crippen molar-refractivity contribution in [3.8, 4) is 0 Å². The molecule has 6 nitrogen and oxygen atoms in total. The number of hydrogen-bond donors (Lipinski definition) is 3. The van der Waals surface area contributed by atoms with Crippen LogP contribution >= 0.6 is 0 Å². The first-order chi connectivity index (χ1) is 10.8. The number of allylic oxidation sites excluding steroid dienone is 4. The first-order valence-corrected chi connectivity index (χ1v) is 6.86. The summed E-state index contributed by atoms with van der Waals surface area (Å²) < 4.78 is 0. The van der Waals surface area contributed by atoms with Gasteiger partial charge < -0.3 is 15.3 Å². The van der Waals surface area contributed by atoms with Crippen LogP contribution in [-0.2, 0) is 14.4 Å². The van der Waals surface area contributed by atoms with E-state index in [9.17, 15) is 14.4 Å². The molecule has 0 fully saturated rings. The molecule has 6 heteroatoms. The van der Waals surface area contributed by atoms with Gasteiger partial charge in [0.15, 0.2) is 0 Å². The Balaban J connectivity index is 5.62. The molecule has 124 valence electrons. The van der Waals surface area contributed by atoms with Gasteiger partial charge in [-0.15, -0.1) is 13.2 Å². The molecule has 0 unspecified atom stereocenters. The summed E-state index contributed by atoms with van der Waals surface area (Å²) in [5.41, 5.74) is -0.376. The molecule has 0 spiro atoms. The van der Waals surface area contributed by atoms with Crippen LogP contribution in [0.1, 0.15) is 25.7 Å². The molecule has 0 aromatic carbocycles. The topological polar surface area (TPSA) is 112 Å². The molecule has 0 saturated heterocycles. The lowest BCUT2D eigenvalue weighted by atomic mass is 10.0. The third-order valence-corrected chi connectivity index (χ3v) is 2.83. The second kappa shape index (κ2) is 10.8. The Morgan fingerprint density at radius 3 is 1.61 bits per heavy atom. The molecule has 3 N–H and O–H groups in total. The number of aliphatic carboxylic acids is 3. The summed E-state index contributed by atoms with van der Waals surface area (Å²) in [6.07, 6.45) is 7.52. The van der Waals surface area contributed by atoms with Gasteiger partial charge in [-0.25, -0.2) is 14.4 Å². The molecular weight excluding hydrogens is 300 g/mol. The smallest absolute Gasteiger partial charge is 0.335 e. The summed E-state index contributed by atoms with van der Waals surface area (Å²) >= 11 is 0. The van der Waals surface area contributed by atoms with E-state index in [-0.39, 0.29) is 29.6 Å². The highest BCUT2D eigenvalue weighted by Gasteiger charge is 2.12. The Morgan fingerprint density at radius 2 is 1.22 bits per heavy atom. The van der Waals surface area contributed by atoms with Crippen molar-refractivity contribution in [2.24, 2.45) is 0 Å². The minimum atomic E-state index is -1.34. The van der Waals surface area contributed by atoms with Gasteiger partial charge in [0.2, 0.25) is 0 Å². The van der Waals surface area contributed by atoms with Crippen LogP contribution < -0.4 is 0 Å². The maximum absolute atomic E-state index is 11.2. The zero-order valence-electron chi connectivity index (χ0n) is 12.7. The average Bonchev–Trinajstić information content (AvgIpc) is 2.48. The van der Waals surface area contributed by atoms with Gasteiger partial charge in [-0.2, -0.15) is 0 Å². The third-order valence-electron chi connectivity index (χ3n) is 2.83. The van der Waals surface area contributed by atoms with Crippen molar-refractivity contribution in [3.63, 3.8) is 0 Å². The number of hydrogen-bond acceptors (Lipinski definition) is 3. The monoisotopic (exact) mass is 320 g/mol. The second-order valence-corrected chi connectivity index (χ2v) is 4.55. The van der Waals surface area contributed by atoms with Gasteiger partial charge >= 0.3 is 17.9 Å². The summed E-state index contributed by atoms with van der Waals surface area (Å²) in [7, 11) is 0. The standard InChI is InChI=1S/C17H20O6/c1-3-5-7-12(15(18)19)9-10-14(17(22)23)11-13(16(20)21)8-6-4-2/h3-4,9-11H,1-2,5-8H2,(H,18,19)(H,20,21)(H,22,23). The Labute approximate surface area is 134 Å². The predicted molar refractivity (Wildman–Crippen MR) is 86.0 cm³/mol. The summed E-state index contributed by atoms with van der Waals surface area (Å²) in [4.78, 5) is 33.4. The molecular formula is C17H20O6. The van der Waals surface area contributed by atoms with Crippen molar-refractivity contribution in [2.45, 2.75) is 25.7 Å². The van der Waals surface area contributed by atoms with Crippen LogP contribution in [0.3, 0.4) is 0 Å². The zero-order chi connectivity index (χ0) is 17.8. The molecule has 0 atom stereocenters. The van der Waals surface area contributed by atoms with Crippen molar-refractivity contribution >= 4 is 17.9 Å². The fourth-order valence-corrected chi connectivity index (χ4v) is 1.58. The zero-order valence-corrected chi connectivity index (χ0v) is 12.7. The Morgan fingerprint density at radius 1 is 0.739 bits per heavy atom. The largest absolute Gasteiger partial charge is 0.478 e. The molecule has 0 aliphatic carbocycles. The number of carboxylic acids is 3. The van der Waals surface area contributed by atoms with E-state index < -0.39 is 17.9 Å². The van der Waals surface area contributed by atoms with E-state index in [4.69, 9.17) is 15.3 Å². The van der Waals surface area contributed by atoms with E-state index in [2.05, 4.69) is 13.2 Å². The SMILES string of the molecule is C=CCCC(=CC=C(C=C(CCC=C)C(=O)O)C(=O)O)C(=O)O. The lowest BCUT2D eigenvalue weighted by Crippen LogP contribution is -2.05. The molecule has 0 aromatic rings. The minimum Gasteiger partial charge on any atom is -0.478 e. The van der Waals surface area contributed by atoms with E-state index >= 15 is 0 Å². The van der Waals surface area contributed by atoms with Crippen LogP contribution in [0.15, 0.2) is 60.3 Å². The van der Waals surface area contributed by atoms with Crippen molar-refractivity contribution in [2.75, 3.05) is 0 Å². The Bertz CT molecular complexity index is 578. The van der Waals surface area contributed by atoms with Gasteiger partial charge in [0.25, 0.3) is 0 Å². The minimum absolute atomic E-state index is 0.0139. The molecule has 0 aromatic heterocycles. The summed E-state index contributed by atoms with van der Waals surface area (Å²) in [6, 6.07) is 0. The molecule has 0 rings (SSSR count). The number of carbonyl (C=O) groups is 3. The lowest BCUT2D eigenvalue weighted by Gasteiger charge is -2.02. The maximum Gasteiger partial charge on any atom is 0.335 e. The normalized spacial score (nSPS) is 12.6. The molecule has 0 bridgehead atoms. The first kappa shape index (κ1) is 20.1. The van der Waals surface area contributed by atoms with Gasteiger partial charge in [-0.3, -0.25) is 0 Å². The molecule has 0 aliphatic rings. The molecule has 0 aliphatic heterocycles. The number of carboxylic acid groups (broad SMARTS) is 3. The van der Waals surface area contributed by atoms with Crippen LogP contribution in [0.25, 0.3) is 0 Å². The van der Waals surface area contributed by atoms with E-state index in [1.807, 2.05) is 0 Å². The molecule has 0 saturated carbocycles. The fraction of sp³-hybridized carbons (Fsp3) is 0.235. The van der Waals surface area contributed by atoms with E-state index in [1.165, 1.54) is 12.2 Å². The van der Waals surface area contributed by atoms with E-state index in [0.29, 0.717) is 12.8 Å². The Kier molecular flexibility index (Phi) is 9.43. The van der Waals surface area contributed by atoms with Crippen LogP contribution in [0.5, 0.6) is 0 Å². The summed E-state index contributed by atoms with van der Waals surface area (Å²) in [6.45, 7) is 6.97. The van der Waals surface area contributed by atoms with Gasteiger partial charge in [0, 0.05) is 11.1 Å². The van der Waals surface area contributed by atoms with E-state index in [1.54, 1.807) is 6.08 Å². The summed E-state index contributed by atoms with van der Waals surface area (Å²) in [5.74, 6) is -3.73. The third kappa shape index (κ3) is 8.21. The van der Waals surface area contributed by atoms with Crippen LogP contribution in [0.2, 0.25) is 0 Å². The van der Waals surface area contributed by atoms with E-state index in [0.717, 1.165) is 12.2 Å². The van der Waals surface area contributed by atoms with Crippen molar-refractivity contribution < 1.29 is 29.7 Å². The van der Waals surface area contributed by atoms with Gasteiger partial charge in [-0.05, 0) is 37.8 Å². The first-order valence-electron chi connectivity index (χ1n) is 6.86. The molecule has 23 heavy (non-hydrogen) atoms. The highest BCUT2D eigenvalue weighted by atomic mass is 16.4. The summed E-state index contributed by atoms with van der Waals surface area (Å²) in [5, 5.41) is 27.2. The molecule has 0 amide bonds. The van der Waals surface area contributed by atoms with Crippen LogP contribution in [0, 0.1) is 0 Å². The maximum atomic E-state index is 11.2. The van der Waals surface area contributed by atoms with Gasteiger partial charge in [0.05, 0.1) is 5.57 Å². The van der Waals surface area contributed by atoms with Crippen molar-refractivity contribution in [1.29, 1.82) is 0 Å². The Hall–Kier alpha value is -2.89. The van der Waals surface area contributed by atoms with Crippen molar-refractivity contribution in [1.82, 2.24) is 0 Å². The number of rotatable bonds is 11. The highest BCUT2D eigenvalue weighted by Crippen LogP contribution is 2.13. The fourth-order valence-electron chi connectivity index (χ4n) is 1.58. The second-order valence-electron chi connectivity index (χ2n) is 4.55. The highest BCUT2D eigenvalue weighted by molar-refractivity contribution is 5.95.